The Hall–Kier alpha value is -1.11. The van der Waals surface area contributed by atoms with Crippen molar-refractivity contribution < 1.29 is 13.2 Å². The van der Waals surface area contributed by atoms with Gasteiger partial charge in [-0.2, -0.15) is 0 Å². The lowest BCUT2D eigenvalue weighted by Gasteiger charge is -2.16. The lowest BCUT2D eigenvalue weighted by atomic mass is 10.1. The second kappa shape index (κ2) is 7.44. The average Bonchev–Trinajstić information content (AvgIpc) is 3.29. The zero-order chi connectivity index (χ0) is 16.2. The van der Waals surface area contributed by atoms with E-state index in [0.717, 1.165) is 19.3 Å². The maximum Gasteiger partial charge on any atom is 0.240 e. The molecule has 0 aromatic heterocycles. The molecule has 1 aliphatic rings. The van der Waals surface area contributed by atoms with Crippen LogP contribution < -0.4 is 15.2 Å². The van der Waals surface area contributed by atoms with Crippen molar-refractivity contribution in [3.63, 3.8) is 0 Å². The number of benzene rings is 1. The number of sulfonamides is 1. The van der Waals surface area contributed by atoms with Gasteiger partial charge in [0.25, 0.3) is 0 Å². The van der Waals surface area contributed by atoms with Crippen molar-refractivity contribution in [1.82, 2.24) is 4.72 Å². The number of rotatable bonds is 9. The Bertz CT molecular complexity index is 566. The molecule has 5 nitrogen and oxygen atoms in total. The molecule has 2 rings (SSSR count). The van der Waals surface area contributed by atoms with Gasteiger partial charge in [-0.25, -0.2) is 13.1 Å². The molecular weight excluding hydrogens is 300 g/mol. The smallest absolute Gasteiger partial charge is 0.240 e. The Balaban J connectivity index is 1.96. The topological polar surface area (TPSA) is 81.4 Å². The van der Waals surface area contributed by atoms with Gasteiger partial charge in [-0.05, 0) is 55.4 Å². The molecule has 0 spiro atoms. The summed E-state index contributed by atoms with van der Waals surface area (Å²) in [5.41, 5.74) is 5.66. The van der Waals surface area contributed by atoms with E-state index in [4.69, 9.17) is 10.5 Å². The standard InChI is InChI=1S/C16H26N2O3S/c1-12(2)9-10-21-14-5-7-15(8-6-14)22(19,20)18-16(11-17)13-3-4-13/h5-8,12-13,16,18H,3-4,9-11,17H2,1-2H3. The van der Waals surface area contributed by atoms with Crippen molar-refractivity contribution in [1.29, 1.82) is 0 Å². The van der Waals surface area contributed by atoms with Crippen LogP contribution in [0, 0.1) is 11.8 Å². The first-order valence-corrected chi connectivity index (χ1v) is 9.36. The Labute approximate surface area is 133 Å². The highest BCUT2D eigenvalue weighted by Gasteiger charge is 2.33. The van der Waals surface area contributed by atoms with Crippen LogP contribution in [0.3, 0.4) is 0 Å². The maximum atomic E-state index is 12.3. The average molecular weight is 326 g/mol. The molecule has 3 N–H and O–H groups in total. The number of hydrogen-bond donors (Lipinski definition) is 2. The van der Waals surface area contributed by atoms with Gasteiger partial charge in [0.2, 0.25) is 10.0 Å². The van der Waals surface area contributed by atoms with Crippen molar-refractivity contribution in [3.05, 3.63) is 24.3 Å². The van der Waals surface area contributed by atoms with E-state index in [1.165, 1.54) is 0 Å². The van der Waals surface area contributed by atoms with Crippen LogP contribution in [0.1, 0.15) is 33.1 Å². The van der Waals surface area contributed by atoms with Gasteiger partial charge in [0.05, 0.1) is 11.5 Å². The summed E-state index contributed by atoms with van der Waals surface area (Å²) >= 11 is 0. The molecule has 0 amide bonds. The highest BCUT2D eigenvalue weighted by molar-refractivity contribution is 7.89. The number of ether oxygens (including phenoxy) is 1. The maximum absolute atomic E-state index is 12.3. The molecular formula is C16H26N2O3S. The van der Waals surface area contributed by atoms with E-state index in [1.807, 2.05) is 0 Å². The normalized spacial score (nSPS) is 16.7. The summed E-state index contributed by atoms with van der Waals surface area (Å²) in [4.78, 5) is 0.253. The van der Waals surface area contributed by atoms with Crippen molar-refractivity contribution in [2.75, 3.05) is 13.2 Å². The molecule has 6 heteroatoms. The molecule has 124 valence electrons. The predicted octanol–water partition coefficient (Wildman–Crippen LogP) is 2.13. The minimum absolute atomic E-state index is 0.160. The molecule has 1 atom stereocenters. The first kappa shape index (κ1) is 17.2. The van der Waals surface area contributed by atoms with E-state index in [0.29, 0.717) is 30.7 Å². The van der Waals surface area contributed by atoms with Crippen LogP contribution in [-0.2, 0) is 10.0 Å². The van der Waals surface area contributed by atoms with Crippen molar-refractivity contribution in [2.24, 2.45) is 17.6 Å². The van der Waals surface area contributed by atoms with Crippen LogP contribution in [0.25, 0.3) is 0 Å². The molecule has 0 saturated heterocycles. The third-order valence-electron chi connectivity index (χ3n) is 3.85. The summed E-state index contributed by atoms with van der Waals surface area (Å²) < 4.78 is 33.0. The lowest BCUT2D eigenvalue weighted by molar-refractivity contribution is 0.289. The van der Waals surface area contributed by atoms with E-state index in [2.05, 4.69) is 18.6 Å². The summed E-state index contributed by atoms with van der Waals surface area (Å²) in [6.07, 6.45) is 3.07. The summed E-state index contributed by atoms with van der Waals surface area (Å²) in [7, 11) is -3.51. The van der Waals surface area contributed by atoms with Crippen LogP contribution in [0.2, 0.25) is 0 Å². The molecule has 1 aromatic rings. The van der Waals surface area contributed by atoms with Crippen LogP contribution in [-0.4, -0.2) is 27.6 Å². The second-order valence-corrected chi connectivity index (χ2v) is 8.02. The summed E-state index contributed by atoms with van der Waals surface area (Å²) in [6, 6.07) is 6.39. The third-order valence-corrected chi connectivity index (χ3v) is 5.36. The number of hydrogen-bond acceptors (Lipinski definition) is 4. The van der Waals surface area contributed by atoms with Gasteiger partial charge in [-0.3, -0.25) is 0 Å². The van der Waals surface area contributed by atoms with Crippen LogP contribution in [0.15, 0.2) is 29.2 Å². The summed E-state index contributed by atoms with van der Waals surface area (Å²) in [6.45, 7) is 5.25. The molecule has 1 fully saturated rings. The molecule has 1 aliphatic carbocycles. The van der Waals surface area contributed by atoms with Crippen molar-refractivity contribution in [2.45, 2.75) is 44.0 Å². The van der Waals surface area contributed by atoms with Crippen LogP contribution in [0.5, 0.6) is 5.75 Å². The molecule has 0 radical (unpaired) electrons. The van der Waals surface area contributed by atoms with E-state index >= 15 is 0 Å². The quantitative estimate of drug-likeness (QED) is 0.728. The van der Waals surface area contributed by atoms with E-state index < -0.39 is 10.0 Å². The third kappa shape index (κ3) is 4.97. The fourth-order valence-electron chi connectivity index (χ4n) is 2.23. The zero-order valence-corrected chi connectivity index (χ0v) is 14.1. The number of nitrogens with two attached hydrogens (primary N) is 1. The first-order valence-electron chi connectivity index (χ1n) is 7.87. The van der Waals surface area contributed by atoms with Crippen molar-refractivity contribution in [3.8, 4) is 5.75 Å². The highest BCUT2D eigenvalue weighted by Crippen LogP contribution is 2.33. The Morgan fingerprint density at radius 3 is 2.41 bits per heavy atom. The molecule has 0 heterocycles. The number of nitrogens with one attached hydrogen (secondary N) is 1. The van der Waals surface area contributed by atoms with Crippen LogP contribution in [0.4, 0.5) is 0 Å². The minimum atomic E-state index is -3.51. The Morgan fingerprint density at radius 1 is 1.27 bits per heavy atom. The summed E-state index contributed by atoms with van der Waals surface area (Å²) in [5, 5.41) is 0. The van der Waals surface area contributed by atoms with Gasteiger partial charge in [0.15, 0.2) is 0 Å². The Kier molecular flexibility index (Phi) is 5.83. The first-order chi connectivity index (χ1) is 10.4. The van der Waals surface area contributed by atoms with E-state index in [9.17, 15) is 8.42 Å². The second-order valence-electron chi connectivity index (χ2n) is 6.30. The van der Waals surface area contributed by atoms with E-state index in [-0.39, 0.29) is 10.9 Å². The Morgan fingerprint density at radius 2 is 1.91 bits per heavy atom. The van der Waals surface area contributed by atoms with Gasteiger partial charge < -0.3 is 10.5 Å². The summed E-state index contributed by atoms with van der Waals surface area (Å²) in [5.74, 6) is 1.66. The van der Waals surface area contributed by atoms with Gasteiger partial charge in [-0.1, -0.05) is 13.8 Å². The monoisotopic (exact) mass is 326 g/mol. The van der Waals surface area contributed by atoms with Crippen LogP contribution >= 0.6 is 0 Å². The molecule has 22 heavy (non-hydrogen) atoms. The lowest BCUT2D eigenvalue weighted by Crippen LogP contribution is -2.41. The molecule has 0 aliphatic heterocycles. The van der Waals surface area contributed by atoms with E-state index in [1.54, 1.807) is 24.3 Å². The minimum Gasteiger partial charge on any atom is -0.494 e. The van der Waals surface area contributed by atoms with Crippen molar-refractivity contribution >= 4 is 10.0 Å². The molecule has 1 unspecified atom stereocenters. The largest absolute Gasteiger partial charge is 0.494 e. The zero-order valence-electron chi connectivity index (χ0n) is 13.3. The fourth-order valence-corrected chi connectivity index (χ4v) is 3.55. The van der Waals surface area contributed by atoms with Gasteiger partial charge >= 0.3 is 0 Å². The molecule has 0 bridgehead atoms. The van der Waals surface area contributed by atoms with Gasteiger partial charge in [-0.15, -0.1) is 0 Å². The fraction of sp³-hybridized carbons (Fsp3) is 0.625. The predicted molar refractivity (Wildman–Crippen MR) is 87.3 cm³/mol. The van der Waals surface area contributed by atoms with Gasteiger partial charge in [0, 0.05) is 12.6 Å². The molecule has 1 saturated carbocycles. The highest BCUT2D eigenvalue weighted by atomic mass is 32.2. The molecule has 1 aromatic carbocycles. The van der Waals surface area contributed by atoms with Gasteiger partial charge in [0.1, 0.15) is 5.75 Å². The SMILES string of the molecule is CC(C)CCOc1ccc(S(=O)(=O)NC(CN)C2CC2)cc1.